The Kier molecular flexibility index (Phi) is 6.35. The fourth-order valence-electron chi connectivity index (χ4n) is 1.61. The molecule has 0 radical (unpaired) electrons. The Bertz CT molecular complexity index is 115. The van der Waals surface area contributed by atoms with Crippen LogP contribution in [-0.2, 0) is 0 Å². The maximum absolute atomic E-state index is 9.44. The summed E-state index contributed by atoms with van der Waals surface area (Å²) in [7, 11) is 0. The van der Waals surface area contributed by atoms with Crippen molar-refractivity contribution in [3.63, 3.8) is 0 Å². The highest BCUT2D eigenvalue weighted by Gasteiger charge is 2.13. The molecule has 0 aromatic carbocycles. The summed E-state index contributed by atoms with van der Waals surface area (Å²) in [5.74, 6) is 0. The highest BCUT2D eigenvalue weighted by molar-refractivity contribution is 4.68. The molecule has 2 nitrogen and oxygen atoms in total. The summed E-state index contributed by atoms with van der Waals surface area (Å²) in [6.07, 6.45) is 1.64. The first-order valence-corrected chi connectivity index (χ1v) is 5.42. The van der Waals surface area contributed by atoms with E-state index in [9.17, 15) is 5.11 Å². The summed E-state index contributed by atoms with van der Waals surface area (Å²) < 4.78 is 0. The Morgan fingerprint density at radius 3 is 1.85 bits per heavy atom. The zero-order valence-electron chi connectivity index (χ0n) is 9.75. The molecular formula is C11H25NO. The first kappa shape index (κ1) is 12.9. The highest BCUT2D eigenvalue weighted by atomic mass is 16.3. The zero-order valence-corrected chi connectivity index (χ0v) is 9.75. The Morgan fingerprint density at radius 2 is 1.54 bits per heavy atom. The fourth-order valence-corrected chi connectivity index (χ4v) is 1.61. The second kappa shape index (κ2) is 6.39. The molecule has 0 bridgehead atoms. The lowest BCUT2D eigenvalue weighted by Gasteiger charge is -2.31. The molecule has 0 spiro atoms. The second-order valence-corrected chi connectivity index (χ2v) is 4.28. The average molecular weight is 187 g/mol. The summed E-state index contributed by atoms with van der Waals surface area (Å²) in [5.41, 5.74) is 0. The fraction of sp³-hybridized carbons (Fsp3) is 1.00. The number of aliphatic hydroxyl groups is 1. The molecule has 1 unspecified atom stereocenters. The van der Waals surface area contributed by atoms with Crippen LogP contribution in [0, 0.1) is 0 Å². The van der Waals surface area contributed by atoms with Crippen LogP contribution >= 0.6 is 0 Å². The summed E-state index contributed by atoms with van der Waals surface area (Å²) in [6.45, 7) is 11.9. The standard InChI is InChI=1S/C11H25NO/c1-6-11(13)7-8-12(9(2)3)10(4)5/h9-11,13H,6-8H2,1-5H3. The average Bonchev–Trinajstić information content (AvgIpc) is 2.03. The van der Waals surface area contributed by atoms with Crippen molar-refractivity contribution >= 4 is 0 Å². The van der Waals surface area contributed by atoms with E-state index in [0.717, 1.165) is 19.4 Å². The molecule has 0 saturated carbocycles. The van der Waals surface area contributed by atoms with E-state index in [1.54, 1.807) is 0 Å². The van der Waals surface area contributed by atoms with Crippen LogP contribution in [0.3, 0.4) is 0 Å². The Balaban J connectivity index is 3.83. The zero-order chi connectivity index (χ0) is 10.4. The van der Waals surface area contributed by atoms with Gasteiger partial charge in [0, 0.05) is 18.6 Å². The molecule has 0 aliphatic carbocycles. The van der Waals surface area contributed by atoms with Crippen LogP contribution in [0.5, 0.6) is 0 Å². The van der Waals surface area contributed by atoms with Crippen molar-refractivity contribution < 1.29 is 5.11 Å². The van der Waals surface area contributed by atoms with Gasteiger partial charge in [0.1, 0.15) is 0 Å². The van der Waals surface area contributed by atoms with E-state index in [4.69, 9.17) is 0 Å². The Morgan fingerprint density at radius 1 is 1.08 bits per heavy atom. The van der Waals surface area contributed by atoms with Gasteiger partial charge in [0.15, 0.2) is 0 Å². The third-order valence-electron chi connectivity index (χ3n) is 2.52. The van der Waals surface area contributed by atoms with Gasteiger partial charge in [-0.3, -0.25) is 4.90 Å². The van der Waals surface area contributed by atoms with Gasteiger partial charge in [-0.25, -0.2) is 0 Å². The number of nitrogens with zero attached hydrogens (tertiary/aromatic N) is 1. The normalized spacial score (nSPS) is 14.5. The third kappa shape index (κ3) is 5.27. The molecule has 2 heteroatoms. The van der Waals surface area contributed by atoms with Gasteiger partial charge in [0.2, 0.25) is 0 Å². The largest absolute Gasteiger partial charge is 0.393 e. The molecule has 0 aromatic rings. The first-order chi connectivity index (χ1) is 5.99. The van der Waals surface area contributed by atoms with Crippen molar-refractivity contribution in [2.45, 2.75) is 65.6 Å². The number of hydrogen-bond acceptors (Lipinski definition) is 2. The second-order valence-electron chi connectivity index (χ2n) is 4.28. The van der Waals surface area contributed by atoms with Crippen LogP contribution in [-0.4, -0.2) is 34.7 Å². The minimum Gasteiger partial charge on any atom is -0.393 e. The summed E-state index contributed by atoms with van der Waals surface area (Å²) >= 11 is 0. The van der Waals surface area contributed by atoms with E-state index >= 15 is 0 Å². The molecule has 80 valence electrons. The lowest BCUT2D eigenvalue weighted by Crippen LogP contribution is -2.38. The molecule has 1 atom stereocenters. The third-order valence-corrected chi connectivity index (χ3v) is 2.52. The number of aliphatic hydroxyl groups excluding tert-OH is 1. The maximum Gasteiger partial charge on any atom is 0.0549 e. The van der Waals surface area contributed by atoms with Crippen LogP contribution in [0.1, 0.15) is 47.5 Å². The summed E-state index contributed by atoms with van der Waals surface area (Å²) in [6, 6.07) is 1.15. The molecule has 0 saturated heterocycles. The molecule has 13 heavy (non-hydrogen) atoms. The van der Waals surface area contributed by atoms with Crippen molar-refractivity contribution in [1.29, 1.82) is 0 Å². The molecule has 0 heterocycles. The minimum absolute atomic E-state index is 0.125. The topological polar surface area (TPSA) is 23.5 Å². The lowest BCUT2D eigenvalue weighted by molar-refractivity contribution is 0.111. The molecule has 0 amide bonds. The number of rotatable bonds is 6. The molecule has 1 N–H and O–H groups in total. The lowest BCUT2D eigenvalue weighted by atomic mass is 10.1. The number of hydrogen-bond donors (Lipinski definition) is 1. The smallest absolute Gasteiger partial charge is 0.0549 e. The van der Waals surface area contributed by atoms with Crippen LogP contribution in [0.15, 0.2) is 0 Å². The molecule has 0 aromatic heterocycles. The van der Waals surface area contributed by atoms with Crippen LogP contribution in [0.4, 0.5) is 0 Å². The van der Waals surface area contributed by atoms with Gasteiger partial charge >= 0.3 is 0 Å². The summed E-state index contributed by atoms with van der Waals surface area (Å²) in [4.78, 5) is 2.42. The Labute approximate surface area is 82.9 Å². The molecule has 0 aliphatic rings. The predicted octanol–water partition coefficient (Wildman–Crippen LogP) is 2.27. The van der Waals surface area contributed by atoms with Gasteiger partial charge in [-0.05, 0) is 40.5 Å². The van der Waals surface area contributed by atoms with Gasteiger partial charge < -0.3 is 5.11 Å². The van der Waals surface area contributed by atoms with Crippen molar-refractivity contribution in [2.24, 2.45) is 0 Å². The van der Waals surface area contributed by atoms with Crippen LogP contribution in [0.2, 0.25) is 0 Å². The monoisotopic (exact) mass is 187 g/mol. The summed E-state index contributed by atoms with van der Waals surface area (Å²) in [5, 5.41) is 9.44. The van der Waals surface area contributed by atoms with Crippen molar-refractivity contribution in [1.82, 2.24) is 4.90 Å². The molecule has 0 fully saturated rings. The predicted molar refractivity (Wildman–Crippen MR) is 57.9 cm³/mol. The van der Waals surface area contributed by atoms with Gasteiger partial charge in [0.05, 0.1) is 6.10 Å². The van der Waals surface area contributed by atoms with Gasteiger partial charge in [-0.15, -0.1) is 0 Å². The van der Waals surface area contributed by atoms with E-state index in [2.05, 4.69) is 32.6 Å². The van der Waals surface area contributed by atoms with Crippen LogP contribution in [0.25, 0.3) is 0 Å². The van der Waals surface area contributed by atoms with Crippen molar-refractivity contribution in [3.05, 3.63) is 0 Å². The van der Waals surface area contributed by atoms with E-state index in [1.807, 2.05) is 6.92 Å². The first-order valence-electron chi connectivity index (χ1n) is 5.42. The van der Waals surface area contributed by atoms with Crippen molar-refractivity contribution in [2.75, 3.05) is 6.54 Å². The Hall–Kier alpha value is -0.0800. The molecule has 0 rings (SSSR count). The SMILES string of the molecule is CCC(O)CCN(C(C)C)C(C)C. The minimum atomic E-state index is -0.125. The van der Waals surface area contributed by atoms with E-state index < -0.39 is 0 Å². The van der Waals surface area contributed by atoms with Gasteiger partial charge in [-0.2, -0.15) is 0 Å². The maximum atomic E-state index is 9.44. The van der Waals surface area contributed by atoms with E-state index in [0.29, 0.717) is 12.1 Å². The quantitative estimate of drug-likeness (QED) is 0.689. The highest BCUT2D eigenvalue weighted by Crippen LogP contribution is 2.08. The van der Waals surface area contributed by atoms with Crippen molar-refractivity contribution in [3.8, 4) is 0 Å². The van der Waals surface area contributed by atoms with Crippen LogP contribution < -0.4 is 0 Å². The van der Waals surface area contributed by atoms with E-state index in [1.165, 1.54) is 0 Å². The van der Waals surface area contributed by atoms with Gasteiger partial charge in [-0.1, -0.05) is 6.92 Å². The molecular weight excluding hydrogens is 162 g/mol. The van der Waals surface area contributed by atoms with E-state index in [-0.39, 0.29) is 6.10 Å². The van der Waals surface area contributed by atoms with Gasteiger partial charge in [0.25, 0.3) is 0 Å². The molecule has 0 aliphatic heterocycles.